The highest BCUT2D eigenvalue weighted by molar-refractivity contribution is 6.02. The molecule has 26 heavy (non-hydrogen) atoms. The molecule has 138 valence electrons. The third kappa shape index (κ3) is 2.42. The van der Waals surface area contributed by atoms with E-state index in [0.29, 0.717) is 19.6 Å². The number of fused-ring (bicyclic) bond motifs is 1. The molecule has 0 radical (unpaired) electrons. The van der Waals surface area contributed by atoms with E-state index >= 15 is 0 Å². The topological polar surface area (TPSA) is 53.5 Å². The van der Waals surface area contributed by atoms with Gasteiger partial charge in [0.25, 0.3) is 0 Å². The van der Waals surface area contributed by atoms with Crippen LogP contribution in [0.1, 0.15) is 18.9 Å². The van der Waals surface area contributed by atoms with Crippen molar-refractivity contribution in [3.8, 4) is 0 Å². The normalized spacial score (nSPS) is 31.2. The van der Waals surface area contributed by atoms with Gasteiger partial charge in [-0.2, -0.15) is 13.2 Å². The third-order valence-corrected chi connectivity index (χ3v) is 5.90. The zero-order chi connectivity index (χ0) is 18.7. The quantitative estimate of drug-likeness (QED) is 0.766. The maximum Gasteiger partial charge on any atom is 0.416 e. The van der Waals surface area contributed by atoms with Crippen LogP contribution in [-0.2, 0) is 15.8 Å². The van der Waals surface area contributed by atoms with Crippen LogP contribution < -0.4 is 4.90 Å². The predicted octanol–water partition coefficient (Wildman–Crippen LogP) is 2.28. The molecule has 1 aromatic rings. The van der Waals surface area contributed by atoms with Gasteiger partial charge in [-0.25, -0.2) is 4.98 Å². The van der Waals surface area contributed by atoms with Gasteiger partial charge in [0, 0.05) is 32.3 Å². The lowest BCUT2D eigenvalue weighted by molar-refractivity contribution is -0.137. The fourth-order valence-electron chi connectivity index (χ4n) is 4.38. The van der Waals surface area contributed by atoms with Crippen molar-refractivity contribution in [2.75, 3.05) is 24.5 Å². The van der Waals surface area contributed by atoms with Crippen LogP contribution in [0.4, 0.5) is 19.0 Å². The number of anilines is 1. The summed E-state index contributed by atoms with van der Waals surface area (Å²) in [6.45, 7) is 3.17. The molecule has 2 unspecified atom stereocenters. The van der Waals surface area contributed by atoms with E-state index < -0.39 is 17.2 Å². The molecular formula is C18H18F3N3O2. The van der Waals surface area contributed by atoms with Gasteiger partial charge in [-0.3, -0.25) is 9.59 Å². The Bertz CT molecular complexity index is 807. The van der Waals surface area contributed by atoms with Gasteiger partial charge in [-0.15, -0.1) is 0 Å². The Labute approximate surface area is 148 Å². The molecule has 1 aliphatic carbocycles. The fraction of sp³-hybridized carbons (Fsp3) is 0.500. The lowest BCUT2D eigenvalue weighted by atomic mass is 9.75. The summed E-state index contributed by atoms with van der Waals surface area (Å²) in [6, 6.07) is 1.85. The molecule has 3 aliphatic rings. The van der Waals surface area contributed by atoms with Crippen LogP contribution in [0.2, 0.25) is 0 Å². The number of aromatic nitrogens is 1. The molecule has 3 heterocycles. The highest BCUT2D eigenvalue weighted by Gasteiger charge is 2.58. The number of carbonyl (C=O) groups is 2. The third-order valence-electron chi connectivity index (χ3n) is 5.90. The Morgan fingerprint density at radius 1 is 1.27 bits per heavy atom. The molecule has 4 rings (SSSR count). The Balaban J connectivity index is 1.60. The number of piperazine rings is 1. The molecule has 5 nitrogen and oxygen atoms in total. The van der Waals surface area contributed by atoms with Crippen molar-refractivity contribution in [1.29, 1.82) is 0 Å². The second kappa shape index (κ2) is 5.56. The van der Waals surface area contributed by atoms with E-state index in [0.717, 1.165) is 18.3 Å². The maximum absolute atomic E-state index is 13.0. The van der Waals surface area contributed by atoms with E-state index in [1.807, 2.05) is 6.92 Å². The summed E-state index contributed by atoms with van der Waals surface area (Å²) in [4.78, 5) is 32.3. The van der Waals surface area contributed by atoms with Gasteiger partial charge in [-0.1, -0.05) is 13.0 Å². The summed E-state index contributed by atoms with van der Waals surface area (Å²) >= 11 is 0. The summed E-state index contributed by atoms with van der Waals surface area (Å²) in [5.41, 5.74) is -1.53. The number of pyridine rings is 1. The van der Waals surface area contributed by atoms with Crippen molar-refractivity contribution in [2.45, 2.75) is 25.6 Å². The van der Waals surface area contributed by atoms with Crippen LogP contribution in [0.15, 0.2) is 30.5 Å². The van der Waals surface area contributed by atoms with Gasteiger partial charge in [0.05, 0.1) is 17.0 Å². The van der Waals surface area contributed by atoms with Crippen LogP contribution in [0, 0.1) is 11.3 Å². The summed E-state index contributed by atoms with van der Waals surface area (Å²) in [6.07, 6.45) is 0.108. The number of allylic oxidation sites excluding steroid dienone is 1. The minimum atomic E-state index is -4.42. The Hall–Kier alpha value is -2.38. The minimum absolute atomic E-state index is 0.0475. The van der Waals surface area contributed by atoms with Crippen LogP contribution in [-0.4, -0.2) is 47.3 Å². The van der Waals surface area contributed by atoms with Crippen LogP contribution >= 0.6 is 0 Å². The van der Waals surface area contributed by atoms with Crippen LogP contribution in [0.3, 0.4) is 0 Å². The standard InChI is InChI=1S/C18H18F3N3O2/c1-11-14-10-23(15-8-12(3-5-22-15)18(19,20)21)6-7-24(14)16(26)17(11)4-2-13(25)9-17/h2-5,8,11,14H,6-7,9-10H2,1H3/t11?,14?,17-/m0/s1. The monoisotopic (exact) mass is 365 g/mol. The SMILES string of the molecule is CC1C2CN(c3cc(C(F)(F)F)ccn3)CCN2C(=O)[C@]12C=CC(=O)C2. The highest BCUT2D eigenvalue weighted by Crippen LogP contribution is 2.49. The predicted molar refractivity (Wildman–Crippen MR) is 87.3 cm³/mol. The number of carbonyl (C=O) groups excluding carboxylic acids is 2. The number of ketones is 1. The molecule has 8 heteroatoms. The second-order valence-corrected chi connectivity index (χ2v) is 7.22. The fourth-order valence-corrected chi connectivity index (χ4v) is 4.38. The molecule has 0 N–H and O–H groups in total. The average molecular weight is 365 g/mol. The summed E-state index contributed by atoms with van der Waals surface area (Å²) in [7, 11) is 0. The zero-order valence-electron chi connectivity index (χ0n) is 14.2. The van der Waals surface area contributed by atoms with E-state index in [1.165, 1.54) is 6.08 Å². The van der Waals surface area contributed by atoms with Gasteiger partial charge in [0.2, 0.25) is 5.91 Å². The van der Waals surface area contributed by atoms with Crippen molar-refractivity contribution in [3.63, 3.8) is 0 Å². The number of rotatable bonds is 1. The number of halogens is 3. The summed E-state index contributed by atoms with van der Waals surface area (Å²) < 4.78 is 38.9. The van der Waals surface area contributed by atoms with Crippen molar-refractivity contribution >= 4 is 17.5 Å². The molecule has 2 fully saturated rings. The van der Waals surface area contributed by atoms with Gasteiger partial charge in [0.1, 0.15) is 5.82 Å². The van der Waals surface area contributed by atoms with E-state index in [9.17, 15) is 22.8 Å². The van der Waals surface area contributed by atoms with Crippen molar-refractivity contribution in [1.82, 2.24) is 9.88 Å². The van der Waals surface area contributed by atoms with E-state index in [4.69, 9.17) is 0 Å². The average Bonchev–Trinajstić information content (AvgIpc) is 3.10. The largest absolute Gasteiger partial charge is 0.416 e. The Kier molecular flexibility index (Phi) is 3.65. The molecule has 1 spiro atoms. The highest BCUT2D eigenvalue weighted by atomic mass is 19.4. The van der Waals surface area contributed by atoms with Gasteiger partial charge >= 0.3 is 6.18 Å². The molecule has 1 amide bonds. The first-order valence-electron chi connectivity index (χ1n) is 8.54. The van der Waals surface area contributed by atoms with Crippen LogP contribution in [0.5, 0.6) is 0 Å². The summed E-state index contributed by atoms with van der Waals surface area (Å²) in [5, 5.41) is 0. The number of hydrogen-bond acceptors (Lipinski definition) is 4. The maximum atomic E-state index is 13.0. The lowest BCUT2D eigenvalue weighted by Gasteiger charge is -2.39. The lowest BCUT2D eigenvalue weighted by Crippen LogP contribution is -2.53. The molecule has 0 bridgehead atoms. The second-order valence-electron chi connectivity index (χ2n) is 7.22. The molecule has 0 aromatic carbocycles. The van der Waals surface area contributed by atoms with E-state index in [1.54, 1.807) is 15.9 Å². The first-order valence-corrected chi connectivity index (χ1v) is 8.54. The number of alkyl halides is 3. The van der Waals surface area contributed by atoms with Gasteiger partial charge in [0.15, 0.2) is 5.78 Å². The molecule has 3 atom stereocenters. The number of amides is 1. The molecular weight excluding hydrogens is 347 g/mol. The number of nitrogens with zero attached hydrogens (tertiary/aromatic N) is 3. The van der Waals surface area contributed by atoms with Crippen molar-refractivity contribution < 1.29 is 22.8 Å². The minimum Gasteiger partial charge on any atom is -0.353 e. The van der Waals surface area contributed by atoms with Gasteiger partial charge in [-0.05, 0) is 24.1 Å². The van der Waals surface area contributed by atoms with Crippen molar-refractivity contribution in [3.05, 3.63) is 36.0 Å². The molecule has 0 saturated carbocycles. The number of hydrogen-bond donors (Lipinski definition) is 0. The van der Waals surface area contributed by atoms with Crippen molar-refractivity contribution in [2.24, 2.45) is 11.3 Å². The van der Waals surface area contributed by atoms with Crippen LogP contribution in [0.25, 0.3) is 0 Å². The molecule has 2 saturated heterocycles. The first-order chi connectivity index (χ1) is 12.2. The molecule has 1 aromatic heterocycles. The summed E-state index contributed by atoms with van der Waals surface area (Å²) in [5.74, 6) is 0.0691. The Morgan fingerprint density at radius 2 is 2.04 bits per heavy atom. The van der Waals surface area contributed by atoms with E-state index in [-0.39, 0.29) is 35.9 Å². The zero-order valence-corrected chi connectivity index (χ0v) is 14.2. The first kappa shape index (κ1) is 17.1. The van der Waals surface area contributed by atoms with E-state index in [2.05, 4.69) is 4.98 Å². The van der Waals surface area contributed by atoms with Gasteiger partial charge < -0.3 is 9.80 Å². The smallest absolute Gasteiger partial charge is 0.353 e. The molecule has 2 aliphatic heterocycles. The Morgan fingerprint density at radius 3 is 2.69 bits per heavy atom.